The highest BCUT2D eigenvalue weighted by molar-refractivity contribution is 5.55. The van der Waals surface area contributed by atoms with Gasteiger partial charge >= 0.3 is 0 Å². The highest BCUT2D eigenvalue weighted by atomic mass is 15.3. The number of nitrogen functional groups attached to an aromatic ring is 1. The van der Waals surface area contributed by atoms with Gasteiger partial charge in [0.05, 0.1) is 11.9 Å². The van der Waals surface area contributed by atoms with Crippen molar-refractivity contribution in [3.05, 3.63) is 48.3 Å². The molecule has 0 amide bonds. The number of benzene rings is 1. The Balaban J connectivity index is 1.64. The summed E-state index contributed by atoms with van der Waals surface area (Å²) >= 11 is 0. The van der Waals surface area contributed by atoms with Crippen molar-refractivity contribution in [1.29, 1.82) is 0 Å². The molecule has 2 N–H and O–H groups in total. The highest BCUT2D eigenvalue weighted by Crippen LogP contribution is 2.21. The lowest BCUT2D eigenvalue weighted by molar-refractivity contribution is 0.652. The Labute approximate surface area is 119 Å². The summed E-state index contributed by atoms with van der Waals surface area (Å²) in [6, 6.07) is 12.3. The Hall–Kier alpha value is -2.23. The molecule has 0 bridgehead atoms. The Morgan fingerprint density at radius 1 is 0.850 bits per heavy atom. The molecule has 1 aromatic carbocycles. The number of hydrogen-bond donors (Lipinski definition) is 1. The Bertz CT molecular complexity index is 501. The zero-order chi connectivity index (χ0) is 13.9. The van der Waals surface area contributed by atoms with Crippen LogP contribution in [0.5, 0.6) is 0 Å². The molecule has 1 aliphatic rings. The van der Waals surface area contributed by atoms with Gasteiger partial charge in [-0.1, -0.05) is 0 Å². The summed E-state index contributed by atoms with van der Waals surface area (Å²) in [7, 11) is 0. The Morgan fingerprint density at radius 3 is 1.95 bits per heavy atom. The van der Waals surface area contributed by atoms with E-state index in [1.807, 2.05) is 25.3 Å². The van der Waals surface area contributed by atoms with E-state index in [4.69, 9.17) is 5.73 Å². The van der Waals surface area contributed by atoms with Crippen molar-refractivity contribution in [2.45, 2.75) is 6.92 Å². The van der Waals surface area contributed by atoms with Crippen LogP contribution in [0.1, 0.15) is 5.69 Å². The second-order valence-electron chi connectivity index (χ2n) is 5.22. The minimum Gasteiger partial charge on any atom is -0.399 e. The van der Waals surface area contributed by atoms with E-state index in [1.165, 1.54) is 11.4 Å². The number of aryl methyl sites for hydroxylation is 1. The van der Waals surface area contributed by atoms with Gasteiger partial charge < -0.3 is 15.5 Å². The highest BCUT2D eigenvalue weighted by Gasteiger charge is 2.17. The second kappa shape index (κ2) is 5.41. The molecule has 20 heavy (non-hydrogen) atoms. The third-order valence-corrected chi connectivity index (χ3v) is 3.80. The van der Waals surface area contributed by atoms with Gasteiger partial charge in [0.25, 0.3) is 0 Å². The fraction of sp³-hybridized carbons (Fsp3) is 0.312. The van der Waals surface area contributed by atoms with Crippen LogP contribution in [-0.2, 0) is 0 Å². The Kier molecular flexibility index (Phi) is 3.46. The zero-order valence-corrected chi connectivity index (χ0v) is 11.8. The third-order valence-electron chi connectivity index (χ3n) is 3.80. The van der Waals surface area contributed by atoms with Crippen LogP contribution in [0.2, 0.25) is 0 Å². The molecule has 0 spiro atoms. The topological polar surface area (TPSA) is 45.4 Å². The average molecular weight is 268 g/mol. The van der Waals surface area contributed by atoms with Gasteiger partial charge in [0, 0.05) is 43.2 Å². The van der Waals surface area contributed by atoms with E-state index in [0.29, 0.717) is 0 Å². The molecule has 3 rings (SSSR count). The van der Waals surface area contributed by atoms with E-state index in [0.717, 1.165) is 37.6 Å². The molecule has 1 aliphatic heterocycles. The molecular weight excluding hydrogens is 248 g/mol. The normalized spacial score (nSPS) is 15.4. The molecule has 1 fully saturated rings. The van der Waals surface area contributed by atoms with E-state index in [1.54, 1.807) is 0 Å². The summed E-state index contributed by atoms with van der Waals surface area (Å²) in [6.45, 7) is 6.11. The largest absolute Gasteiger partial charge is 0.399 e. The van der Waals surface area contributed by atoms with Crippen molar-refractivity contribution in [3.8, 4) is 0 Å². The fourth-order valence-corrected chi connectivity index (χ4v) is 2.56. The predicted molar refractivity (Wildman–Crippen MR) is 84.3 cm³/mol. The quantitative estimate of drug-likeness (QED) is 0.849. The van der Waals surface area contributed by atoms with Crippen LogP contribution in [0.15, 0.2) is 42.6 Å². The van der Waals surface area contributed by atoms with Gasteiger partial charge in [-0.2, -0.15) is 0 Å². The minimum absolute atomic E-state index is 0.818. The summed E-state index contributed by atoms with van der Waals surface area (Å²) in [5.41, 5.74) is 10.1. The molecule has 2 aromatic rings. The number of pyridine rings is 1. The SMILES string of the molecule is Cc1ccc(N2CCN(c3ccc(N)cc3)CC2)cn1. The number of nitrogens with zero attached hydrogens (tertiary/aromatic N) is 3. The molecule has 104 valence electrons. The molecule has 1 saturated heterocycles. The van der Waals surface area contributed by atoms with Gasteiger partial charge in [-0.25, -0.2) is 0 Å². The van der Waals surface area contributed by atoms with Crippen molar-refractivity contribution in [2.75, 3.05) is 41.7 Å². The second-order valence-corrected chi connectivity index (χ2v) is 5.22. The van der Waals surface area contributed by atoms with Crippen molar-refractivity contribution < 1.29 is 0 Å². The van der Waals surface area contributed by atoms with E-state index >= 15 is 0 Å². The molecule has 0 saturated carbocycles. The number of piperazine rings is 1. The van der Waals surface area contributed by atoms with E-state index < -0.39 is 0 Å². The summed E-state index contributed by atoms with van der Waals surface area (Å²) in [6.07, 6.45) is 1.97. The van der Waals surface area contributed by atoms with E-state index in [2.05, 4.69) is 39.0 Å². The maximum Gasteiger partial charge on any atom is 0.0554 e. The van der Waals surface area contributed by atoms with Crippen molar-refractivity contribution in [1.82, 2.24) is 4.98 Å². The average Bonchev–Trinajstić information content (AvgIpc) is 2.49. The Morgan fingerprint density at radius 2 is 1.40 bits per heavy atom. The lowest BCUT2D eigenvalue weighted by atomic mass is 10.2. The third kappa shape index (κ3) is 2.69. The van der Waals surface area contributed by atoms with Crippen molar-refractivity contribution in [2.24, 2.45) is 0 Å². The molecule has 4 nitrogen and oxygen atoms in total. The molecule has 0 atom stereocenters. The van der Waals surface area contributed by atoms with Crippen molar-refractivity contribution >= 4 is 17.1 Å². The number of aromatic nitrogens is 1. The number of rotatable bonds is 2. The van der Waals surface area contributed by atoms with Crippen LogP contribution >= 0.6 is 0 Å². The zero-order valence-electron chi connectivity index (χ0n) is 11.8. The first-order valence-electron chi connectivity index (χ1n) is 7.00. The lowest BCUT2D eigenvalue weighted by Crippen LogP contribution is -2.46. The number of nitrogens with two attached hydrogens (primary N) is 1. The van der Waals surface area contributed by atoms with Gasteiger partial charge in [0.2, 0.25) is 0 Å². The molecule has 4 heteroatoms. The van der Waals surface area contributed by atoms with Gasteiger partial charge in [-0.3, -0.25) is 4.98 Å². The van der Waals surface area contributed by atoms with Crippen LogP contribution in [0.4, 0.5) is 17.1 Å². The summed E-state index contributed by atoms with van der Waals surface area (Å²) < 4.78 is 0. The van der Waals surface area contributed by atoms with Crippen molar-refractivity contribution in [3.63, 3.8) is 0 Å². The maximum absolute atomic E-state index is 5.73. The van der Waals surface area contributed by atoms with Crippen LogP contribution in [-0.4, -0.2) is 31.2 Å². The van der Waals surface area contributed by atoms with Crippen LogP contribution in [0, 0.1) is 6.92 Å². The number of hydrogen-bond acceptors (Lipinski definition) is 4. The molecule has 0 radical (unpaired) electrons. The summed E-state index contributed by atoms with van der Waals surface area (Å²) in [5, 5.41) is 0. The van der Waals surface area contributed by atoms with Crippen LogP contribution in [0.25, 0.3) is 0 Å². The minimum atomic E-state index is 0.818. The summed E-state index contributed by atoms with van der Waals surface area (Å²) in [4.78, 5) is 9.16. The summed E-state index contributed by atoms with van der Waals surface area (Å²) in [5.74, 6) is 0. The molecular formula is C16H20N4. The van der Waals surface area contributed by atoms with Gasteiger partial charge in [-0.05, 0) is 43.3 Å². The first-order valence-corrected chi connectivity index (χ1v) is 7.00. The molecule has 0 aliphatic carbocycles. The predicted octanol–water partition coefficient (Wildman–Crippen LogP) is 2.30. The fourth-order valence-electron chi connectivity index (χ4n) is 2.56. The number of anilines is 3. The molecule has 2 heterocycles. The molecule has 0 unspecified atom stereocenters. The maximum atomic E-state index is 5.73. The van der Waals surface area contributed by atoms with Gasteiger partial charge in [0.15, 0.2) is 0 Å². The van der Waals surface area contributed by atoms with E-state index in [9.17, 15) is 0 Å². The monoisotopic (exact) mass is 268 g/mol. The van der Waals surface area contributed by atoms with Gasteiger partial charge in [0.1, 0.15) is 0 Å². The first kappa shape index (κ1) is 12.8. The van der Waals surface area contributed by atoms with Crippen LogP contribution in [0.3, 0.4) is 0 Å². The smallest absolute Gasteiger partial charge is 0.0554 e. The molecule has 1 aromatic heterocycles. The lowest BCUT2D eigenvalue weighted by Gasteiger charge is -2.37. The first-order chi connectivity index (χ1) is 9.72. The van der Waals surface area contributed by atoms with Crippen LogP contribution < -0.4 is 15.5 Å². The van der Waals surface area contributed by atoms with E-state index in [-0.39, 0.29) is 0 Å². The standard InChI is InChI=1S/C16H20N4/c1-13-2-5-16(12-18-13)20-10-8-19(9-11-20)15-6-3-14(17)4-7-15/h2-7,12H,8-11,17H2,1H3. The van der Waals surface area contributed by atoms with Gasteiger partial charge in [-0.15, -0.1) is 0 Å².